The highest BCUT2D eigenvalue weighted by Gasteiger charge is 2.26. The number of rotatable bonds is 5. The topological polar surface area (TPSA) is 32.3 Å². The van der Waals surface area contributed by atoms with Gasteiger partial charge in [0.15, 0.2) is 0 Å². The van der Waals surface area contributed by atoms with Crippen LogP contribution in [0.4, 0.5) is 13.2 Å². The van der Waals surface area contributed by atoms with E-state index in [4.69, 9.17) is 5.11 Å². The molecular formula is C8H16F3NO. The Balaban J connectivity index is 3.42. The van der Waals surface area contributed by atoms with Crippen LogP contribution in [-0.2, 0) is 0 Å². The summed E-state index contributed by atoms with van der Waals surface area (Å²) in [5.74, 6) is 0. The Bertz CT molecular complexity index is 136. The summed E-state index contributed by atoms with van der Waals surface area (Å²) in [6.45, 7) is 3.28. The van der Waals surface area contributed by atoms with Crippen molar-refractivity contribution in [2.45, 2.75) is 45.0 Å². The van der Waals surface area contributed by atoms with E-state index in [1.54, 1.807) is 13.8 Å². The van der Waals surface area contributed by atoms with Crippen molar-refractivity contribution in [3.8, 4) is 0 Å². The van der Waals surface area contributed by atoms with Gasteiger partial charge < -0.3 is 10.4 Å². The van der Waals surface area contributed by atoms with Crippen molar-refractivity contribution in [2.24, 2.45) is 0 Å². The summed E-state index contributed by atoms with van der Waals surface area (Å²) in [4.78, 5) is 0. The number of aliphatic hydroxyl groups is 1. The first-order valence-corrected chi connectivity index (χ1v) is 4.29. The maximum Gasteiger partial charge on any atom is 0.390 e. The molecule has 0 saturated carbocycles. The number of aliphatic hydroxyl groups excluding tert-OH is 1. The van der Waals surface area contributed by atoms with E-state index in [-0.39, 0.29) is 12.6 Å². The van der Waals surface area contributed by atoms with Gasteiger partial charge >= 0.3 is 6.18 Å². The second kappa shape index (κ2) is 5.44. The monoisotopic (exact) mass is 199 g/mol. The van der Waals surface area contributed by atoms with Gasteiger partial charge in [0, 0.05) is 12.6 Å². The van der Waals surface area contributed by atoms with Crippen LogP contribution in [0.2, 0.25) is 0 Å². The molecule has 2 nitrogen and oxygen atoms in total. The molecule has 0 aliphatic carbocycles. The molecule has 0 bridgehead atoms. The van der Waals surface area contributed by atoms with E-state index >= 15 is 0 Å². The van der Waals surface area contributed by atoms with Gasteiger partial charge in [-0.05, 0) is 20.3 Å². The lowest BCUT2D eigenvalue weighted by atomic mass is 10.1. The number of nitrogens with one attached hydrogen (secondary N) is 1. The van der Waals surface area contributed by atoms with Crippen LogP contribution in [0.25, 0.3) is 0 Å². The Hall–Kier alpha value is -0.290. The summed E-state index contributed by atoms with van der Waals surface area (Å²) < 4.78 is 35.0. The van der Waals surface area contributed by atoms with Crippen LogP contribution >= 0.6 is 0 Å². The van der Waals surface area contributed by atoms with Gasteiger partial charge in [0.2, 0.25) is 0 Å². The molecule has 2 N–H and O–H groups in total. The van der Waals surface area contributed by atoms with E-state index in [0.29, 0.717) is 6.42 Å². The molecule has 0 rings (SSSR count). The molecule has 2 unspecified atom stereocenters. The predicted molar refractivity (Wildman–Crippen MR) is 44.4 cm³/mol. The number of alkyl halides is 3. The Labute approximate surface area is 76.1 Å². The van der Waals surface area contributed by atoms with Gasteiger partial charge in [-0.1, -0.05) is 0 Å². The van der Waals surface area contributed by atoms with Crippen LogP contribution in [0.3, 0.4) is 0 Å². The zero-order chi connectivity index (χ0) is 10.5. The molecule has 0 radical (unpaired) electrons. The first-order chi connectivity index (χ1) is 5.81. The maximum atomic E-state index is 11.7. The normalized spacial score (nSPS) is 17.1. The van der Waals surface area contributed by atoms with Gasteiger partial charge in [0.05, 0.1) is 12.5 Å². The quantitative estimate of drug-likeness (QED) is 0.706. The van der Waals surface area contributed by atoms with Crippen molar-refractivity contribution >= 4 is 0 Å². The molecule has 80 valence electrons. The van der Waals surface area contributed by atoms with Crippen molar-refractivity contribution in [1.29, 1.82) is 0 Å². The molecule has 0 aromatic rings. The van der Waals surface area contributed by atoms with Gasteiger partial charge in [0.1, 0.15) is 0 Å². The highest BCUT2D eigenvalue weighted by Crippen LogP contribution is 2.18. The Morgan fingerprint density at radius 1 is 1.31 bits per heavy atom. The van der Waals surface area contributed by atoms with Crippen LogP contribution in [-0.4, -0.2) is 30.0 Å². The Morgan fingerprint density at radius 2 is 1.85 bits per heavy atom. The van der Waals surface area contributed by atoms with E-state index in [0.717, 1.165) is 0 Å². The fraction of sp³-hybridized carbons (Fsp3) is 1.00. The maximum absolute atomic E-state index is 11.7. The van der Waals surface area contributed by atoms with Crippen molar-refractivity contribution in [2.75, 3.05) is 6.54 Å². The fourth-order valence-electron chi connectivity index (χ4n) is 1.06. The molecule has 0 heterocycles. The van der Waals surface area contributed by atoms with E-state index in [1.807, 2.05) is 0 Å². The largest absolute Gasteiger partial charge is 0.393 e. The molecule has 0 fully saturated rings. The number of halogens is 3. The predicted octanol–water partition coefficient (Wildman–Crippen LogP) is 1.69. The summed E-state index contributed by atoms with van der Waals surface area (Å²) in [7, 11) is 0. The number of hydrogen-bond donors (Lipinski definition) is 2. The molecule has 5 heteroatoms. The van der Waals surface area contributed by atoms with E-state index < -0.39 is 18.7 Å². The third kappa shape index (κ3) is 9.63. The van der Waals surface area contributed by atoms with E-state index in [1.165, 1.54) is 0 Å². The summed E-state index contributed by atoms with van der Waals surface area (Å²) >= 11 is 0. The van der Waals surface area contributed by atoms with Crippen LogP contribution in [0, 0.1) is 0 Å². The van der Waals surface area contributed by atoms with Gasteiger partial charge in [-0.25, -0.2) is 0 Å². The Kier molecular flexibility index (Phi) is 5.32. The molecule has 2 atom stereocenters. The lowest BCUT2D eigenvalue weighted by Crippen LogP contribution is -2.32. The zero-order valence-corrected chi connectivity index (χ0v) is 7.86. The second-order valence-electron chi connectivity index (χ2n) is 3.31. The van der Waals surface area contributed by atoms with Gasteiger partial charge in [-0.2, -0.15) is 13.2 Å². The molecule has 0 aromatic carbocycles. The summed E-state index contributed by atoms with van der Waals surface area (Å²) in [6, 6.07) is -0.0812. The molecule has 13 heavy (non-hydrogen) atoms. The molecular weight excluding hydrogens is 183 g/mol. The highest BCUT2D eigenvalue weighted by molar-refractivity contribution is 4.65. The first-order valence-electron chi connectivity index (χ1n) is 4.29. The Morgan fingerprint density at radius 3 is 2.23 bits per heavy atom. The van der Waals surface area contributed by atoms with Gasteiger partial charge in [-0.15, -0.1) is 0 Å². The fourth-order valence-corrected chi connectivity index (χ4v) is 1.06. The van der Waals surface area contributed by atoms with Crippen molar-refractivity contribution < 1.29 is 18.3 Å². The minimum absolute atomic E-state index is 0.0812. The third-order valence-electron chi connectivity index (χ3n) is 1.60. The van der Waals surface area contributed by atoms with Crippen molar-refractivity contribution in [3.63, 3.8) is 0 Å². The van der Waals surface area contributed by atoms with Crippen molar-refractivity contribution in [3.05, 3.63) is 0 Å². The average molecular weight is 199 g/mol. The SMILES string of the molecule is CC(O)CC(C)NCCC(F)(F)F. The van der Waals surface area contributed by atoms with E-state index in [2.05, 4.69) is 5.32 Å². The van der Waals surface area contributed by atoms with Gasteiger partial charge in [0.25, 0.3) is 0 Å². The standard InChI is InChI=1S/C8H16F3NO/c1-6(5-7(2)13)12-4-3-8(9,10)11/h6-7,12-13H,3-5H2,1-2H3. The molecule has 0 spiro atoms. The highest BCUT2D eigenvalue weighted by atomic mass is 19.4. The van der Waals surface area contributed by atoms with Crippen molar-refractivity contribution in [1.82, 2.24) is 5.32 Å². The lowest BCUT2D eigenvalue weighted by Gasteiger charge is -2.15. The summed E-state index contributed by atoms with van der Waals surface area (Å²) in [6.07, 6.45) is -4.93. The van der Waals surface area contributed by atoms with Gasteiger partial charge in [-0.3, -0.25) is 0 Å². The van der Waals surface area contributed by atoms with Crippen LogP contribution in [0.15, 0.2) is 0 Å². The van der Waals surface area contributed by atoms with E-state index in [9.17, 15) is 13.2 Å². The number of hydrogen-bond acceptors (Lipinski definition) is 2. The third-order valence-corrected chi connectivity index (χ3v) is 1.60. The minimum Gasteiger partial charge on any atom is -0.393 e. The zero-order valence-electron chi connectivity index (χ0n) is 7.86. The summed E-state index contributed by atoms with van der Waals surface area (Å²) in [5, 5.41) is 11.6. The first kappa shape index (κ1) is 12.7. The lowest BCUT2D eigenvalue weighted by molar-refractivity contribution is -0.133. The molecule has 0 saturated heterocycles. The van der Waals surface area contributed by atoms with Crippen LogP contribution in [0.5, 0.6) is 0 Å². The molecule has 0 amide bonds. The molecule has 0 aromatic heterocycles. The smallest absolute Gasteiger partial charge is 0.390 e. The minimum atomic E-state index is -4.10. The average Bonchev–Trinajstić information content (AvgIpc) is 1.81. The second-order valence-corrected chi connectivity index (χ2v) is 3.31. The molecule has 0 aliphatic heterocycles. The van der Waals surface area contributed by atoms with Crippen LogP contribution < -0.4 is 5.32 Å². The molecule has 0 aliphatic rings. The van der Waals surface area contributed by atoms with Crippen LogP contribution in [0.1, 0.15) is 26.7 Å². The summed E-state index contributed by atoms with van der Waals surface area (Å²) in [5.41, 5.74) is 0.